The highest BCUT2D eigenvalue weighted by molar-refractivity contribution is 7.16. The van der Waals surface area contributed by atoms with Crippen molar-refractivity contribution in [2.24, 2.45) is 0 Å². The number of thiazole rings is 1. The van der Waals surface area contributed by atoms with Crippen molar-refractivity contribution < 1.29 is 18.1 Å². The fourth-order valence-electron chi connectivity index (χ4n) is 2.82. The van der Waals surface area contributed by atoms with Gasteiger partial charge in [0.25, 0.3) is 0 Å². The summed E-state index contributed by atoms with van der Waals surface area (Å²) in [5, 5.41) is 7.03. The molecule has 2 aromatic carbocycles. The van der Waals surface area contributed by atoms with Gasteiger partial charge in [-0.05, 0) is 25.1 Å². The van der Waals surface area contributed by atoms with Crippen LogP contribution < -0.4 is 5.32 Å². The second-order valence-electron chi connectivity index (χ2n) is 6.48. The van der Waals surface area contributed by atoms with Crippen LogP contribution in [0.5, 0.6) is 0 Å². The molecule has 152 valence electrons. The van der Waals surface area contributed by atoms with Crippen LogP contribution in [0.4, 0.5) is 13.9 Å². The monoisotopic (exact) mass is 426 g/mol. The number of aromatic nitrogens is 3. The lowest BCUT2D eigenvalue weighted by atomic mass is 10.1. The molecular weight excluding hydrogens is 410 g/mol. The largest absolute Gasteiger partial charge is 0.339 e. The number of nitrogens with zero attached hydrogens (tertiary/aromatic N) is 3. The van der Waals surface area contributed by atoms with Gasteiger partial charge in [0.15, 0.2) is 16.8 Å². The number of carbonyl (C=O) groups excluding carboxylic acids is 1. The Kier molecular flexibility index (Phi) is 5.62. The fraction of sp³-hybridized carbons (Fsp3) is 0.143. The molecule has 0 aliphatic carbocycles. The standard InChI is InChI=1S/C21H16F2N4O2S/c1-12-19(14-7-8-15(22)16(23)11-14)26-21(30-12)24-17(28)9-10-18-25-20(27-29-18)13-5-3-2-4-6-13/h2-8,11H,9-10H2,1H3,(H,24,26,28). The van der Waals surface area contributed by atoms with E-state index in [-0.39, 0.29) is 18.7 Å². The number of aryl methyl sites for hydroxylation is 2. The number of anilines is 1. The molecule has 0 saturated heterocycles. The number of hydrogen-bond donors (Lipinski definition) is 1. The Morgan fingerprint density at radius 2 is 1.87 bits per heavy atom. The van der Waals surface area contributed by atoms with Gasteiger partial charge in [-0.15, -0.1) is 11.3 Å². The van der Waals surface area contributed by atoms with E-state index in [0.29, 0.717) is 28.1 Å². The van der Waals surface area contributed by atoms with E-state index in [4.69, 9.17) is 4.52 Å². The van der Waals surface area contributed by atoms with Crippen molar-refractivity contribution in [1.82, 2.24) is 15.1 Å². The second kappa shape index (κ2) is 8.50. The van der Waals surface area contributed by atoms with Crippen molar-refractivity contribution in [3.8, 4) is 22.6 Å². The minimum Gasteiger partial charge on any atom is -0.339 e. The lowest BCUT2D eigenvalue weighted by Crippen LogP contribution is -2.12. The molecule has 0 aliphatic rings. The van der Waals surface area contributed by atoms with Crippen LogP contribution in [0.2, 0.25) is 0 Å². The van der Waals surface area contributed by atoms with Crippen LogP contribution >= 0.6 is 11.3 Å². The first-order chi connectivity index (χ1) is 14.5. The van der Waals surface area contributed by atoms with Gasteiger partial charge < -0.3 is 9.84 Å². The number of halogens is 2. The summed E-state index contributed by atoms with van der Waals surface area (Å²) in [7, 11) is 0. The van der Waals surface area contributed by atoms with Gasteiger partial charge in [0.1, 0.15) is 0 Å². The Morgan fingerprint density at radius 1 is 1.07 bits per heavy atom. The summed E-state index contributed by atoms with van der Waals surface area (Å²) >= 11 is 1.26. The summed E-state index contributed by atoms with van der Waals surface area (Å²) in [6.45, 7) is 1.80. The summed E-state index contributed by atoms with van der Waals surface area (Å²) < 4.78 is 31.8. The first-order valence-electron chi connectivity index (χ1n) is 9.10. The quantitative estimate of drug-likeness (QED) is 0.468. The topological polar surface area (TPSA) is 80.9 Å². The van der Waals surface area contributed by atoms with Gasteiger partial charge in [-0.1, -0.05) is 35.5 Å². The van der Waals surface area contributed by atoms with Crippen LogP contribution in [-0.4, -0.2) is 21.0 Å². The van der Waals surface area contributed by atoms with Gasteiger partial charge in [-0.2, -0.15) is 4.98 Å². The van der Waals surface area contributed by atoms with E-state index in [1.54, 1.807) is 6.92 Å². The Hall–Kier alpha value is -3.46. The molecular formula is C21H16F2N4O2S. The second-order valence-corrected chi connectivity index (χ2v) is 7.68. The first-order valence-corrected chi connectivity index (χ1v) is 9.92. The van der Waals surface area contributed by atoms with Crippen molar-refractivity contribution in [2.45, 2.75) is 19.8 Å². The highest BCUT2D eigenvalue weighted by atomic mass is 32.1. The summed E-state index contributed by atoms with van der Waals surface area (Å²) in [6, 6.07) is 13.0. The van der Waals surface area contributed by atoms with Crippen LogP contribution in [0.15, 0.2) is 53.1 Å². The van der Waals surface area contributed by atoms with Crippen molar-refractivity contribution in [2.75, 3.05) is 5.32 Å². The maximum atomic E-state index is 13.5. The number of rotatable bonds is 6. The Bertz CT molecular complexity index is 1190. The molecule has 1 amide bonds. The summed E-state index contributed by atoms with van der Waals surface area (Å²) in [4.78, 5) is 21.7. The molecule has 0 atom stereocenters. The molecule has 2 heterocycles. The lowest BCUT2D eigenvalue weighted by molar-refractivity contribution is -0.116. The number of benzene rings is 2. The first kappa shape index (κ1) is 19.8. The summed E-state index contributed by atoms with van der Waals surface area (Å²) in [5.74, 6) is -1.30. The lowest BCUT2D eigenvalue weighted by Gasteiger charge is -2.00. The van der Waals surface area contributed by atoms with Gasteiger partial charge in [-0.3, -0.25) is 4.79 Å². The highest BCUT2D eigenvalue weighted by Crippen LogP contribution is 2.31. The zero-order valence-electron chi connectivity index (χ0n) is 15.9. The van der Waals surface area contributed by atoms with E-state index in [2.05, 4.69) is 20.4 Å². The highest BCUT2D eigenvalue weighted by Gasteiger charge is 2.15. The molecule has 9 heteroatoms. The number of carbonyl (C=O) groups is 1. The van der Waals surface area contributed by atoms with Crippen LogP contribution in [0.1, 0.15) is 17.2 Å². The zero-order valence-corrected chi connectivity index (χ0v) is 16.7. The SMILES string of the molecule is Cc1sc(NC(=O)CCc2nc(-c3ccccc3)no2)nc1-c1ccc(F)c(F)c1. The van der Waals surface area contributed by atoms with Gasteiger partial charge in [0.05, 0.1) is 5.69 Å². The van der Waals surface area contributed by atoms with E-state index < -0.39 is 11.6 Å². The Morgan fingerprint density at radius 3 is 2.63 bits per heavy atom. The minimum absolute atomic E-state index is 0.134. The molecule has 4 aromatic rings. The van der Waals surface area contributed by atoms with Crippen molar-refractivity contribution >= 4 is 22.4 Å². The van der Waals surface area contributed by atoms with E-state index >= 15 is 0 Å². The average molecular weight is 426 g/mol. The minimum atomic E-state index is -0.945. The predicted octanol–water partition coefficient (Wildman–Crippen LogP) is 5.02. The molecule has 0 aliphatic heterocycles. The molecule has 4 rings (SSSR count). The van der Waals surface area contributed by atoms with Crippen LogP contribution in [0.3, 0.4) is 0 Å². The third-order valence-corrected chi connectivity index (χ3v) is 5.19. The maximum absolute atomic E-state index is 13.5. The normalized spacial score (nSPS) is 10.9. The fourth-order valence-corrected chi connectivity index (χ4v) is 3.68. The van der Waals surface area contributed by atoms with Crippen LogP contribution in [0, 0.1) is 18.6 Å². The molecule has 0 spiro atoms. The van der Waals surface area contributed by atoms with E-state index in [0.717, 1.165) is 22.6 Å². The van der Waals surface area contributed by atoms with Crippen LogP contribution in [-0.2, 0) is 11.2 Å². The molecule has 0 unspecified atom stereocenters. The van der Waals surface area contributed by atoms with Crippen molar-refractivity contribution in [3.05, 3.63) is 70.9 Å². The van der Waals surface area contributed by atoms with Gasteiger partial charge >= 0.3 is 0 Å². The Labute approximate surface area is 174 Å². The van der Waals surface area contributed by atoms with E-state index in [9.17, 15) is 13.6 Å². The molecule has 0 fully saturated rings. The number of hydrogen-bond acceptors (Lipinski definition) is 6. The molecule has 1 N–H and O–H groups in total. The average Bonchev–Trinajstić information content (AvgIpc) is 3.36. The molecule has 2 aromatic heterocycles. The third-order valence-electron chi connectivity index (χ3n) is 4.30. The Balaban J connectivity index is 1.38. The predicted molar refractivity (Wildman–Crippen MR) is 109 cm³/mol. The maximum Gasteiger partial charge on any atom is 0.227 e. The van der Waals surface area contributed by atoms with E-state index in [1.807, 2.05) is 30.3 Å². The van der Waals surface area contributed by atoms with E-state index in [1.165, 1.54) is 17.4 Å². The summed E-state index contributed by atoms with van der Waals surface area (Å²) in [6.07, 6.45) is 0.418. The molecule has 30 heavy (non-hydrogen) atoms. The van der Waals surface area contributed by atoms with Gasteiger partial charge in [0.2, 0.25) is 17.6 Å². The molecule has 0 radical (unpaired) electrons. The summed E-state index contributed by atoms with van der Waals surface area (Å²) in [5.41, 5.74) is 1.78. The third kappa shape index (κ3) is 4.41. The smallest absolute Gasteiger partial charge is 0.227 e. The molecule has 0 bridgehead atoms. The zero-order chi connectivity index (χ0) is 21.1. The van der Waals surface area contributed by atoms with Gasteiger partial charge in [0, 0.05) is 28.8 Å². The molecule has 0 saturated carbocycles. The van der Waals surface area contributed by atoms with Crippen LogP contribution in [0.25, 0.3) is 22.6 Å². The van der Waals surface area contributed by atoms with Gasteiger partial charge in [-0.25, -0.2) is 13.8 Å². The number of amides is 1. The molecule has 6 nitrogen and oxygen atoms in total. The van der Waals surface area contributed by atoms with Crippen molar-refractivity contribution in [1.29, 1.82) is 0 Å². The number of nitrogens with one attached hydrogen (secondary N) is 1. The van der Waals surface area contributed by atoms with Crippen molar-refractivity contribution in [3.63, 3.8) is 0 Å².